The minimum absolute atomic E-state index is 0.0766. The second kappa shape index (κ2) is 10.3. The molecule has 1 aromatic heterocycles. The predicted molar refractivity (Wildman–Crippen MR) is 125 cm³/mol. The maximum absolute atomic E-state index is 12.1. The van der Waals surface area contributed by atoms with E-state index in [9.17, 15) is 4.79 Å². The van der Waals surface area contributed by atoms with E-state index in [2.05, 4.69) is 58.4 Å². The molecule has 1 N–H and O–H groups in total. The van der Waals surface area contributed by atoms with Crippen LogP contribution in [0.5, 0.6) is 0 Å². The number of pyridine rings is 1. The highest BCUT2D eigenvalue weighted by Crippen LogP contribution is 2.28. The Balaban J connectivity index is 1.55. The van der Waals surface area contributed by atoms with Crippen LogP contribution < -0.4 is 5.32 Å². The van der Waals surface area contributed by atoms with Crippen molar-refractivity contribution in [2.45, 2.75) is 26.7 Å². The third-order valence-corrected chi connectivity index (χ3v) is 4.93. The number of allylic oxidation sites excluding steroid dienone is 1. The molecule has 0 aliphatic heterocycles. The molecule has 3 rings (SSSR count). The highest BCUT2D eigenvalue weighted by Gasteiger charge is 2.06. The average Bonchev–Trinajstić information content (AvgIpc) is 2.77. The Morgan fingerprint density at radius 2 is 1.87 bits per heavy atom. The molecule has 0 radical (unpaired) electrons. The van der Waals surface area contributed by atoms with E-state index in [4.69, 9.17) is 0 Å². The van der Waals surface area contributed by atoms with E-state index < -0.39 is 0 Å². The molecule has 0 fully saturated rings. The first-order chi connectivity index (χ1) is 14.6. The minimum Gasteiger partial charge on any atom is -0.352 e. The zero-order valence-electron chi connectivity index (χ0n) is 17.6. The summed E-state index contributed by atoms with van der Waals surface area (Å²) in [6, 6.07) is 18.4. The van der Waals surface area contributed by atoms with Gasteiger partial charge in [-0.15, -0.1) is 0 Å². The van der Waals surface area contributed by atoms with Gasteiger partial charge in [0.1, 0.15) is 0 Å². The molecular formula is C26H27N3O. The molecule has 2 aromatic carbocycles. The smallest absolute Gasteiger partial charge is 0.252 e. The Morgan fingerprint density at radius 1 is 1.10 bits per heavy atom. The maximum Gasteiger partial charge on any atom is 0.252 e. The monoisotopic (exact) mass is 397 g/mol. The summed E-state index contributed by atoms with van der Waals surface area (Å²) in [6.07, 6.45) is 7.46. The van der Waals surface area contributed by atoms with Gasteiger partial charge in [-0.1, -0.05) is 42.5 Å². The molecule has 152 valence electrons. The van der Waals surface area contributed by atoms with E-state index >= 15 is 0 Å². The van der Waals surface area contributed by atoms with E-state index in [-0.39, 0.29) is 5.91 Å². The first-order valence-corrected chi connectivity index (χ1v) is 10.1. The lowest BCUT2D eigenvalue weighted by Gasteiger charge is -2.08. The molecule has 0 spiro atoms. The Bertz CT molecular complexity index is 1030. The molecular weight excluding hydrogens is 370 g/mol. The molecule has 1 heterocycles. The minimum atomic E-state index is -0.0766. The summed E-state index contributed by atoms with van der Waals surface area (Å²) >= 11 is 0. The van der Waals surface area contributed by atoms with Crippen molar-refractivity contribution < 1.29 is 4.79 Å². The van der Waals surface area contributed by atoms with E-state index in [0.717, 1.165) is 35.3 Å². The SMILES string of the molecule is C=Nc1ccc(-c2ccc(CCCNC(=O)c3ccc(C)nc3)cc2)cc1/C=C\C. The summed E-state index contributed by atoms with van der Waals surface area (Å²) in [7, 11) is 0. The van der Waals surface area contributed by atoms with Crippen LogP contribution in [0.25, 0.3) is 17.2 Å². The van der Waals surface area contributed by atoms with Gasteiger partial charge in [-0.3, -0.25) is 14.8 Å². The Labute approximate surface area is 178 Å². The second-order valence-corrected chi connectivity index (χ2v) is 7.18. The Kier molecular flexibility index (Phi) is 7.28. The van der Waals surface area contributed by atoms with Crippen LogP contribution in [-0.4, -0.2) is 24.2 Å². The van der Waals surface area contributed by atoms with Crippen molar-refractivity contribution in [3.63, 3.8) is 0 Å². The summed E-state index contributed by atoms with van der Waals surface area (Å²) in [5.74, 6) is -0.0766. The number of amides is 1. The van der Waals surface area contributed by atoms with Crippen molar-refractivity contribution in [3.05, 3.63) is 89.3 Å². The first-order valence-electron chi connectivity index (χ1n) is 10.1. The molecule has 1 amide bonds. The van der Waals surface area contributed by atoms with Gasteiger partial charge in [-0.05, 0) is 74.4 Å². The molecule has 0 saturated heterocycles. The number of nitrogens with zero attached hydrogens (tertiary/aromatic N) is 2. The summed E-state index contributed by atoms with van der Waals surface area (Å²) in [5.41, 5.74) is 7.02. The number of rotatable bonds is 8. The standard InChI is InChI=1S/C26H27N3O/c1-4-6-23-17-22(14-15-25(23)27-3)21-12-9-20(10-13-21)7-5-16-28-26(30)24-11-8-19(2)29-18-24/h4,6,8-15,17-18H,3,5,7,16H2,1-2H3,(H,28,30)/b6-4-. The van der Waals surface area contributed by atoms with Gasteiger partial charge in [-0.25, -0.2) is 0 Å². The molecule has 4 nitrogen and oxygen atoms in total. The molecule has 0 unspecified atom stereocenters. The van der Waals surface area contributed by atoms with Crippen LogP contribution in [0.2, 0.25) is 0 Å². The predicted octanol–water partition coefficient (Wildman–Crippen LogP) is 5.78. The van der Waals surface area contributed by atoms with Crippen molar-refractivity contribution in [2.75, 3.05) is 6.54 Å². The zero-order chi connectivity index (χ0) is 21.3. The highest BCUT2D eigenvalue weighted by atomic mass is 16.1. The van der Waals surface area contributed by atoms with E-state index in [1.807, 2.05) is 38.1 Å². The third kappa shape index (κ3) is 5.51. The molecule has 0 aliphatic rings. The Hall–Kier alpha value is -3.53. The largest absolute Gasteiger partial charge is 0.352 e. The number of hydrogen-bond acceptors (Lipinski definition) is 3. The number of hydrogen-bond donors (Lipinski definition) is 1. The third-order valence-electron chi connectivity index (χ3n) is 4.93. The van der Waals surface area contributed by atoms with Crippen molar-refractivity contribution in [1.82, 2.24) is 10.3 Å². The number of benzene rings is 2. The number of carbonyl (C=O) groups is 1. The van der Waals surface area contributed by atoms with Crippen LogP contribution in [0, 0.1) is 6.92 Å². The Morgan fingerprint density at radius 3 is 2.53 bits per heavy atom. The zero-order valence-corrected chi connectivity index (χ0v) is 17.6. The fraction of sp³-hybridized carbons (Fsp3) is 0.192. The molecule has 0 bridgehead atoms. The summed E-state index contributed by atoms with van der Waals surface area (Å²) < 4.78 is 0. The van der Waals surface area contributed by atoms with Gasteiger partial charge in [0, 0.05) is 24.0 Å². The van der Waals surface area contributed by atoms with Crippen molar-refractivity contribution in [2.24, 2.45) is 4.99 Å². The van der Waals surface area contributed by atoms with E-state index in [1.165, 1.54) is 11.1 Å². The van der Waals surface area contributed by atoms with Crippen LogP contribution >= 0.6 is 0 Å². The normalized spacial score (nSPS) is 10.9. The molecule has 4 heteroatoms. The van der Waals surface area contributed by atoms with Crippen LogP contribution in [0.4, 0.5) is 5.69 Å². The van der Waals surface area contributed by atoms with Gasteiger partial charge < -0.3 is 5.32 Å². The molecule has 0 aliphatic carbocycles. The van der Waals surface area contributed by atoms with Crippen molar-refractivity contribution in [1.29, 1.82) is 0 Å². The van der Waals surface area contributed by atoms with Crippen LogP contribution in [0.3, 0.4) is 0 Å². The van der Waals surface area contributed by atoms with E-state index in [1.54, 1.807) is 12.3 Å². The van der Waals surface area contributed by atoms with Crippen molar-refractivity contribution >= 4 is 24.4 Å². The number of aliphatic imine (C=N–C) groups is 1. The second-order valence-electron chi connectivity index (χ2n) is 7.18. The van der Waals surface area contributed by atoms with Crippen LogP contribution in [0.15, 0.2) is 71.9 Å². The highest BCUT2D eigenvalue weighted by molar-refractivity contribution is 5.93. The number of carbonyl (C=O) groups excluding carboxylic acids is 1. The lowest BCUT2D eigenvalue weighted by atomic mass is 9.99. The van der Waals surface area contributed by atoms with Gasteiger partial charge in [0.25, 0.3) is 5.91 Å². The van der Waals surface area contributed by atoms with Gasteiger partial charge in [0.2, 0.25) is 0 Å². The van der Waals surface area contributed by atoms with Crippen LogP contribution in [0.1, 0.15) is 40.5 Å². The number of aromatic nitrogens is 1. The number of nitrogens with one attached hydrogen (secondary N) is 1. The van der Waals surface area contributed by atoms with E-state index in [0.29, 0.717) is 12.1 Å². The molecule has 0 saturated carbocycles. The first kappa shape index (κ1) is 21.2. The lowest BCUT2D eigenvalue weighted by molar-refractivity contribution is 0.0953. The molecule has 0 atom stereocenters. The van der Waals surface area contributed by atoms with Gasteiger partial charge in [0.15, 0.2) is 0 Å². The van der Waals surface area contributed by atoms with Crippen molar-refractivity contribution in [3.8, 4) is 11.1 Å². The summed E-state index contributed by atoms with van der Waals surface area (Å²) in [5, 5.41) is 2.96. The topological polar surface area (TPSA) is 54.4 Å². The lowest BCUT2D eigenvalue weighted by Crippen LogP contribution is -2.24. The quantitative estimate of drug-likeness (QED) is 0.387. The summed E-state index contributed by atoms with van der Waals surface area (Å²) in [6.45, 7) is 8.18. The summed E-state index contributed by atoms with van der Waals surface area (Å²) in [4.78, 5) is 20.4. The van der Waals surface area contributed by atoms with Gasteiger partial charge in [0.05, 0.1) is 11.3 Å². The fourth-order valence-corrected chi connectivity index (χ4v) is 3.25. The van der Waals surface area contributed by atoms with Crippen LogP contribution in [-0.2, 0) is 6.42 Å². The van der Waals surface area contributed by atoms with Gasteiger partial charge in [-0.2, -0.15) is 0 Å². The molecule has 3 aromatic rings. The average molecular weight is 398 g/mol. The molecule has 30 heavy (non-hydrogen) atoms. The maximum atomic E-state index is 12.1. The van der Waals surface area contributed by atoms with Gasteiger partial charge >= 0.3 is 0 Å². The number of aryl methyl sites for hydroxylation is 2. The fourth-order valence-electron chi connectivity index (χ4n) is 3.25.